The van der Waals surface area contributed by atoms with Gasteiger partial charge in [0.05, 0.1) is 0 Å². The number of hydrogen-bond donors (Lipinski definition) is 1. The van der Waals surface area contributed by atoms with Crippen LogP contribution in [0.25, 0.3) is 0 Å². The van der Waals surface area contributed by atoms with Crippen molar-refractivity contribution in [2.75, 3.05) is 0 Å². The first kappa shape index (κ1) is 13.1. The average Bonchev–Trinajstić information content (AvgIpc) is 2.28. The molecule has 0 bridgehead atoms. The van der Waals surface area contributed by atoms with Crippen molar-refractivity contribution < 1.29 is 0 Å². The fourth-order valence-corrected chi connectivity index (χ4v) is 2.48. The summed E-state index contributed by atoms with van der Waals surface area (Å²) in [5, 5.41) is 0.720. The minimum atomic E-state index is -0.591. The molecule has 0 aliphatic carbocycles. The lowest BCUT2D eigenvalue weighted by molar-refractivity contribution is 0.508. The number of nitrogens with two attached hydrogens (primary N) is 1. The number of hydrogen-bond acceptors (Lipinski definition) is 1. The van der Waals surface area contributed by atoms with E-state index in [9.17, 15) is 0 Å². The van der Waals surface area contributed by atoms with Gasteiger partial charge in [-0.3, -0.25) is 0 Å². The minimum absolute atomic E-state index is 0.0254. The van der Waals surface area contributed by atoms with E-state index in [1.165, 1.54) is 0 Å². The highest BCUT2D eigenvalue weighted by Crippen LogP contribution is 2.33. The molecule has 0 aliphatic rings. The van der Waals surface area contributed by atoms with Crippen LogP contribution < -0.4 is 5.73 Å². The molecule has 18 heavy (non-hydrogen) atoms. The van der Waals surface area contributed by atoms with Gasteiger partial charge in [0.25, 0.3) is 0 Å². The summed E-state index contributed by atoms with van der Waals surface area (Å²) < 4.78 is 0. The van der Waals surface area contributed by atoms with E-state index >= 15 is 0 Å². The van der Waals surface area contributed by atoms with E-state index in [1.807, 2.05) is 49.4 Å². The second-order valence-electron chi connectivity index (χ2n) is 4.90. The van der Waals surface area contributed by atoms with Gasteiger partial charge in [0, 0.05) is 16.5 Å². The van der Waals surface area contributed by atoms with Gasteiger partial charge in [0.1, 0.15) is 0 Å². The zero-order chi connectivity index (χ0) is 13.2. The van der Waals surface area contributed by atoms with Crippen molar-refractivity contribution in [1.82, 2.24) is 0 Å². The first-order valence-corrected chi connectivity index (χ1v) is 6.31. The van der Waals surface area contributed by atoms with Gasteiger partial charge in [-0.05, 0) is 37.1 Å². The maximum absolute atomic E-state index is 6.24. The van der Waals surface area contributed by atoms with Crippen molar-refractivity contribution >= 4 is 11.6 Å². The van der Waals surface area contributed by atoms with Crippen LogP contribution in [0.4, 0.5) is 0 Å². The number of benzene rings is 2. The molecule has 2 rings (SSSR count). The SMILES string of the molecule is [CH2]C(C)(N)C(c1ccccc1)c1cccc(Cl)c1. The van der Waals surface area contributed by atoms with Gasteiger partial charge >= 0.3 is 0 Å². The van der Waals surface area contributed by atoms with Gasteiger partial charge < -0.3 is 5.73 Å². The Kier molecular flexibility index (Phi) is 3.74. The van der Waals surface area contributed by atoms with Crippen molar-refractivity contribution in [1.29, 1.82) is 0 Å². The average molecular weight is 259 g/mol. The summed E-state index contributed by atoms with van der Waals surface area (Å²) in [6, 6.07) is 18.0. The summed E-state index contributed by atoms with van der Waals surface area (Å²) in [5.41, 5.74) is 7.89. The lowest BCUT2D eigenvalue weighted by Gasteiger charge is -2.31. The van der Waals surface area contributed by atoms with Crippen molar-refractivity contribution in [3.05, 3.63) is 77.7 Å². The monoisotopic (exact) mass is 258 g/mol. The molecule has 2 heteroatoms. The summed E-state index contributed by atoms with van der Waals surface area (Å²) in [6.07, 6.45) is 0. The number of rotatable bonds is 3. The maximum atomic E-state index is 6.24. The summed E-state index contributed by atoms with van der Waals surface area (Å²) in [6.45, 7) is 6.02. The molecule has 1 nitrogen and oxygen atoms in total. The van der Waals surface area contributed by atoms with Crippen molar-refractivity contribution in [2.45, 2.75) is 18.4 Å². The zero-order valence-electron chi connectivity index (χ0n) is 10.4. The Bertz CT molecular complexity index is 514. The van der Waals surface area contributed by atoms with Crippen LogP contribution in [0.15, 0.2) is 54.6 Å². The van der Waals surface area contributed by atoms with E-state index in [2.05, 4.69) is 19.1 Å². The highest BCUT2D eigenvalue weighted by molar-refractivity contribution is 6.30. The molecule has 2 aromatic rings. The van der Waals surface area contributed by atoms with E-state index in [0.717, 1.165) is 16.1 Å². The largest absolute Gasteiger partial charge is 0.324 e. The van der Waals surface area contributed by atoms with E-state index in [4.69, 9.17) is 17.3 Å². The predicted octanol–water partition coefficient (Wildman–Crippen LogP) is 4.02. The molecule has 0 spiro atoms. The summed E-state index contributed by atoms with van der Waals surface area (Å²) in [7, 11) is 0. The van der Waals surface area contributed by atoms with Gasteiger partial charge in [-0.25, -0.2) is 0 Å². The standard InChI is InChI=1S/C16H17ClN/c1-16(2,18)15(12-7-4-3-5-8-12)13-9-6-10-14(17)11-13/h3-11,15H,1,18H2,2H3. The fraction of sp³-hybridized carbons (Fsp3) is 0.188. The first-order valence-electron chi connectivity index (χ1n) is 5.93. The fourth-order valence-electron chi connectivity index (χ4n) is 2.29. The van der Waals surface area contributed by atoms with E-state index in [1.54, 1.807) is 0 Å². The molecule has 0 saturated heterocycles. The quantitative estimate of drug-likeness (QED) is 0.884. The van der Waals surface area contributed by atoms with Crippen LogP contribution in [0.5, 0.6) is 0 Å². The molecule has 0 aliphatic heterocycles. The van der Waals surface area contributed by atoms with Crippen LogP contribution in [0, 0.1) is 6.92 Å². The highest BCUT2D eigenvalue weighted by Gasteiger charge is 2.28. The molecule has 0 saturated carbocycles. The topological polar surface area (TPSA) is 26.0 Å². The molecule has 2 aromatic carbocycles. The van der Waals surface area contributed by atoms with Crippen LogP contribution in [0.3, 0.4) is 0 Å². The number of halogens is 1. The van der Waals surface area contributed by atoms with E-state index in [-0.39, 0.29) is 5.92 Å². The summed E-state index contributed by atoms with van der Waals surface area (Å²) >= 11 is 6.07. The van der Waals surface area contributed by atoms with Crippen molar-refractivity contribution in [2.24, 2.45) is 5.73 Å². The molecule has 0 amide bonds. The van der Waals surface area contributed by atoms with Crippen LogP contribution >= 0.6 is 11.6 Å². The Morgan fingerprint density at radius 1 is 1.06 bits per heavy atom. The zero-order valence-corrected chi connectivity index (χ0v) is 11.2. The Labute approximate surface area is 114 Å². The molecule has 2 N–H and O–H groups in total. The third-order valence-corrected chi connectivity index (χ3v) is 3.21. The third-order valence-electron chi connectivity index (χ3n) is 2.97. The van der Waals surface area contributed by atoms with Gasteiger partial charge in [-0.2, -0.15) is 0 Å². The van der Waals surface area contributed by atoms with E-state index in [0.29, 0.717) is 0 Å². The molecule has 2 atom stereocenters. The molecule has 1 radical (unpaired) electrons. The Hall–Kier alpha value is -1.31. The summed E-state index contributed by atoms with van der Waals surface area (Å²) in [5.74, 6) is 0.0254. The molecule has 0 fully saturated rings. The van der Waals surface area contributed by atoms with Crippen LogP contribution in [-0.4, -0.2) is 5.54 Å². The van der Waals surface area contributed by atoms with Gasteiger partial charge in [0.2, 0.25) is 0 Å². The predicted molar refractivity (Wildman–Crippen MR) is 77.7 cm³/mol. The minimum Gasteiger partial charge on any atom is -0.324 e. The molecule has 2 unspecified atom stereocenters. The third kappa shape index (κ3) is 2.92. The highest BCUT2D eigenvalue weighted by atomic mass is 35.5. The second kappa shape index (κ2) is 5.13. The first-order chi connectivity index (χ1) is 8.48. The Balaban J connectivity index is 2.51. The van der Waals surface area contributed by atoms with Crippen LogP contribution in [-0.2, 0) is 0 Å². The Morgan fingerprint density at radius 2 is 1.67 bits per heavy atom. The lowest BCUT2D eigenvalue weighted by Crippen LogP contribution is -2.40. The Morgan fingerprint density at radius 3 is 2.22 bits per heavy atom. The van der Waals surface area contributed by atoms with Gasteiger partial charge in [-0.1, -0.05) is 54.1 Å². The van der Waals surface area contributed by atoms with E-state index < -0.39 is 5.54 Å². The molecule has 0 heterocycles. The molecule has 93 valence electrons. The normalized spacial score (nSPS) is 13.3. The molecular weight excluding hydrogens is 242 g/mol. The smallest absolute Gasteiger partial charge is 0.0408 e. The second-order valence-corrected chi connectivity index (χ2v) is 5.34. The van der Waals surface area contributed by atoms with Crippen molar-refractivity contribution in [3.63, 3.8) is 0 Å². The van der Waals surface area contributed by atoms with Crippen LogP contribution in [0.1, 0.15) is 24.0 Å². The lowest BCUT2D eigenvalue weighted by atomic mass is 9.78. The van der Waals surface area contributed by atoms with Crippen molar-refractivity contribution in [3.8, 4) is 0 Å². The van der Waals surface area contributed by atoms with Gasteiger partial charge in [0.15, 0.2) is 0 Å². The van der Waals surface area contributed by atoms with Gasteiger partial charge in [-0.15, -0.1) is 0 Å². The van der Waals surface area contributed by atoms with Crippen LogP contribution in [0.2, 0.25) is 5.02 Å². The molecule has 0 aromatic heterocycles. The maximum Gasteiger partial charge on any atom is 0.0408 e. The molecular formula is C16H17ClN. The summed E-state index contributed by atoms with van der Waals surface area (Å²) in [4.78, 5) is 0.